The highest BCUT2D eigenvalue weighted by Crippen LogP contribution is 2.56. The summed E-state index contributed by atoms with van der Waals surface area (Å²) < 4.78 is 5.90. The van der Waals surface area contributed by atoms with Crippen LogP contribution in [0.25, 0.3) is 0 Å². The van der Waals surface area contributed by atoms with E-state index in [1.165, 1.54) is 24.8 Å². The molecule has 0 saturated heterocycles. The average Bonchev–Trinajstić information content (AvgIpc) is 3.25. The number of carbonyl (C=O) groups excluding carboxylic acids is 1. The van der Waals surface area contributed by atoms with Gasteiger partial charge in [-0.15, -0.1) is 0 Å². The minimum Gasteiger partial charge on any atom is -0.426 e. The fourth-order valence-electron chi connectivity index (χ4n) is 4.96. The monoisotopic (exact) mass is 368 g/mol. The lowest BCUT2D eigenvalue weighted by atomic mass is 9.77. The van der Waals surface area contributed by atoms with E-state index < -0.39 is 0 Å². The van der Waals surface area contributed by atoms with Crippen molar-refractivity contribution >= 4 is 5.97 Å². The smallest absolute Gasteiger partial charge is 0.317 e. The van der Waals surface area contributed by atoms with Crippen LogP contribution in [-0.2, 0) is 4.79 Å². The molecule has 2 nitrogen and oxygen atoms in total. The zero-order valence-corrected chi connectivity index (χ0v) is 17.7. The molecule has 0 amide bonds. The molecule has 2 aliphatic rings. The first-order chi connectivity index (χ1) is 12.9. The molecule has 0 heterocycles. The minimum absolute atomic E-state index is 0.0603. The normalized spacial score (nSPS) is 27.4. The van der Waals surface area contributed by atoms with Crippen molar-refractivity contribution < 1.29 is 9.53 Å². The van der Waals surface area contributed by atoms with Gasteiger partial charge in [-0.1, -0.05) is 45.1 Å². The third kappa shape index (κ3) is 4.65. The molecule has 0 N–H and O–H groups in total. The number of carbonyl (C=O) groups is 1. The fraction of sp³-hybridized carbons (Fsp3) is 0.640. The van der Waals surface area contributed by atoms with Crippen LogP contribution in [0.15, 0.2) is 36.4 Å². The number of esters is 1. The lowest BCUT2D eigenvalue weighted by molar-refractivity contribution is -0.146. The second-order valence-corrected chi connectivity index (χ2v) is 9.47. The summed E-state index contributed by atoms with van der Waals surface area (Å²) in [6.45, 7) is 10.7. The largest absolute Gasteiger partial charge is 0.426 e. The Balaban J connectivity index is 1.69. The molecule has 1 aromatic carbocycles. The van der Waals surface area contributed by atoms with Gasteiger partial charge in [0, 0.05) is 5.92 Å². The molecule has 0 bridgehead atoms. The molecular formula is C25H36O2. The van der Waals surface area contributed by atoms with Crippen molar-refractivity contribution in [2.75, 3.05) is 0 Å². The molecule has 1 aromatic rings. The van der Waals surface area contributed by atoms with Gasteiger partial charge in [0.2, 0.25) is 0 Å². The minimum atomic E-state index is -0.377. The molecule has 2 fully saturated rings. The molecular weight excluding hydrogens is 332 g/mol. The van der Waals surface area contributed by atoms with Crippen molar-refractivity contribution in [3.8, 4) is 5.75 Å². The van der Waals surface area contributed by atoms with Gasteiger partial charge in [0.1, 0.15) is 5.75 Å². The van der Waals surface area contributed by atoms with Crippen LogP contribution in [0.2, 0.25) is 0 Å². The van der Waals surface area contributed by atoms with Crippen molar-refractivity contribution in [3.63, 3.8) is 0 Å². The van der Waals surface area contributed by atoms with Crippen molar-refractivity contribution in [2.24, 2.45) is 29.1 Å². The Morgan fingerprint density at radius 2 is 1.96 bits per heavy atom. The maximum atomic E-state index is 13.1. The highest BCUT2D eigenvalue weighted by atomic mass is 16.5. The van der Waals surface area contributed by atoms with Crippen LogP contribution >= 0.6 is 0 Å². The van der Waals surface area contributed by atoms with Crippen LogP contribution in [0.5, 0.6) is 5.75 Å². The van der Waals surface area contributed by atoms with Crippen LogP contribution in [0.3, 0.4) is 0 Å². The number of fused-ring (bicyclic) bond motifs is 1. The van der Waals surface area contributed by atoms with Crippen LogP contribution in [0.4, 0.5) is 0 Å². The second kappa shape index (κ2) is 8.20. The van der Waals surface area contributed by atoms with Crippen molar-refractivity contribution in [1.82, 2.24) is 0 Å². The van der Waals surface area contributed by atoms with E-state index in [1.807, 2.05) is 18.2 Å². The zero-order valence-electron chi connectivity index (χ0n) is 17.7. The summed E-state index contributed by atoms with van der Waals surface area (Å²) in [5, 5.41) is 0. The Labute approximate surface area is 165 Å². The van der Waals surface area contributed by atoms with Gasteiger partial charge in [-0.2, -0.15) is 0 Å². The number of hydrogen-bond donors (Lipinski definition) is 0. The van der Waals surface area contributed by atoms with Crippen molar-refractivity contribution in [1.29, 1.82) is 0 Å². The summed E-state index contributed by atoms with van der Waals surface area (Å²) in [5.41, 5.74) is 0.834. The van der Waals surface area contributed by atoms with Gasteiger partial charge in [0.05, 0.1) is 5.41 Å². The molecule has 0 aromatic heterocycles. The van der Waals surface area contributed by atoms with Gasteiger partial charge in [0.25, 0.3) is 0 Å². The van der Waals surface area contributed by atoms with E-state index >= 15 is 0 Å². The molecule has 2 aliphatic carbocycles. The van der Waals surface area contributed by atoms with E-state index in [9.17, 15) is 4.79 Å². The van der Waals surface area contributed by atoms with E-state index in [-0.39, 0.29) is 11.4 Å². The fourth-order valence-corrected chi connectivity index (χ4v) is 4.96. The molecule has 2 saturated carbocycles. The topological polar surface area (TPSA) is 26.3 Å². The Kier molecular flexibility index (Phi) is 6.13. The predicted molar refractivity (Wildman–Crippen MR) is 112 cm³/mol. The van der Waals surface area contributed by atoms with Gasteiger partial charge in [-0.3, -0.25) is 4.79 Å². The summed E-state index contributed by atoms with van der Waals surface area (Å²) >= 11 is 0. The lowest BCUT2D eigenvalue weighted by Gasteiger charge is -2.29. The first-order valence-electron chi connectivity index (χ1n) is 10.8. The molecule has 3 rings (SSSR count). The standard InChI is InChI=1S/C25H36O2/c1-6-9-23(17(3)4)19-10-8-11-22(15-19)27-24(26)25(5,7-2)16-18-12-20-14-21(20)13-18/h6,8-11,15,17-18,20-21,23H,7,12-14,16H2,1-5H3/b9-6-. The van der Waals surface area contributed by atoms with Crippen molar-refractivity contribution in [2.45, 2.75) is 72.6 Å². The van der Waals surface area contributed by atoms with Crippen LogP contribution in [0, 0.1) is 29.1 Å². The molecule has 2 heteroatoms. The van der Waals surface area contributed by atoms with Crippen LogP contribution in [0.1, 0.15) is 78.2 Å². The molecule has 148 valence electrons. The average molecular weight is 369 g/mol. The van der Waals surface area contributed by atoms with E-state index in [1.54, 1.807) is 0 Å². The van der Waals surface area contributed by atoms with E-state index in [4.69, 9.17) is 4.74 Å². The van der Waals surface area contributed by atoms with Gasteiger partial charge in [-0.25, -0.2) is 0 Å². The highest BCUT2D eigenvalue weighted by molar-refractivity contribution is 5.78. The zero-order chi connectivity index (χ0) is 19.6. The third-order valence-electron chi connectivity index (χ3n) is 6.93. The maximum absolute atomic E-state index is 13.1. The van der Waals surface area contributed by atoms with E-state index in [2.05, 4.69) is 52.8 Å². The Bertz CT molecular complexity index is 679. The van der Waals surface area contributed by atoms with Gasteiger partial charge >= 0.3 is 5.97 Å². The molecule has 0 spiro atoms. The number of hydrogen-bond acceptors (Lipinski definition) is 2. The Morgan fingerprint density at radius 3 is 2.56 bits per heavy atom. The summed E-state index contributed by atoms with van der Waals surface area (Å²) in [7, 11) is 0. The first kappa shape index (κ1) is 20.2. The number of rotatable bonds is 8. The lowest BCUT2D eigenvalue weighted by Crippen LogP contribution is -2.33. The Hall–Kier alpha value is -1.57. The summed E-state index contributed by atoms with van der Waals surface area (Å²) in [5.74, 6) is 4.10. The number of benzene rings is 1. The van der Waals surface area contributed by atoms with Crippen LogP contribution < -0.4 is 4.74 Å². The first-order valence-corrected chi connectivity index (χ1v) is 10.8. The van der Waals surface area contributed by atoms with Crippen molar-refractivity contribution in [3.05, 3.63) is 42.0 Å². The van der Waals surface area contributed by atoms with Gasteiger partial charge < -0.3 is 4.74 Å². The third-order valence-corrected chi connectivity index (χ3v) is 6.93. The summed E-state index contributed by atoms with van der Waals surface area (Å²) in [6, 6.07) is 8.09. The molecule has 0 aliphatic heterocycles. The SMILES string of the molecule is C/C=C\C(c1cccc(OC(=O)C(C)(CC)CC2CC3CC3C2)c1)C(C)C. The number of ether oxygens (including phenoxy) is 1. The van der Waals surface area contributed by atoms with E-state index in [0.29, 0.717) is 23.5 Å². The Morgan fingerprint density at radius 1 is 1.26 bits per heavy atom. The van der Waals surface area contributed by atoms with Gasteiger partial charge in [0.15, 0.2) is 0 Å². The maximum Gasteiger partial charge on any atom is 0.317 e. The number of allylic oxidation sites excluding steroid dienone is 2. The quantitative estimate of drug-likeness (QED) is 0.288. The molecule has 4 unspecified atom stereocenters. The van der Waals surface area contributed by atoms with E-state index in [0.717, 1.165) is 24.7 Å². The molecule has 4 atom stereocenters. The summed E-state index contributed by atoms with van der Waals surface area (Å²) in [6.07, 6.45) is 10.2. The molecule has 27 heavy (non-hydrogen) atoms. The second-order valence-electron chi connectivity index (χ2n) is 9.47. The molecule has 0 radical (unpaired) electrons. The summed E-state index contributed by atoms with van der Waals surface area (Å²) in [4.78, 5) is 13.1. The highest BCUT2D eigenvalue weighted by Gasteiger charge is 2.48. The van der Waals surface area contributed by atoms with Crippen LogP contribution in [-0.4, -0.2) is 5.97 Å². The predicted octanol–water partition coefficient (Wildman–Crippen LogP) is 6.76. The van der Waals surface area contributed by atoms with Gasteiger partial charge in [-0.05, 0) is 87.3 Å².